The van der Waals surface area contributed by atoms with E-state index in [2.05, 4.69) is 18.6 Å². The van der Waals surface area contributed by atoms with Gasteiger partial charge in [-0.05, 0) is 42.5 Å². The van der Waals surface area contributed by atoms with Crippen LogP contribution in [-0.2, 0) is 10.0 Å². The summed E-state index contributed by atoms with van der Waals surface area (Å²) in [5, 5.41) is 0. The summed E-state index contributed by atoms with van der Waals surface area (Å²) in [5.74, 6) is 0.668. The van der Waals surface area contributed by atoms with Crippen LogP contribution in [0.15, 0.2) is 17.0 Å². The third-order valence-corrected chi connectivity index (χ3v) is 4.77. The van der Waals surface area contributed by atoms with Crippen LogP contribution in [0.25, 0.3) is 0 Å². The zero-order chi connectivity index (χ0) is 15.3. The summed E-state index contributed by atoms with van der Waals surface area (Å²) in [6, 6.07) is 3.52. The monoisotopic (exact) mass is 299 g/mol. The molecule has 0 amide bonds. The van der Waals surface area contributed by atoms with Crippen molar-refractivity contribution in [2.75, 3.05) is 13.7 Å². The Morgan fingerprint density at radius 1 is 1.30 bits per heavy atom. The predicted molar refractivity (Wildman–Crippen MR) is 81.9 cm³/mol. The summed E-state index contributed by atoms with van der Waals surface area (Å²) >= 11 is 0. The Bertz CT molecular complexity index is 550. The maximum Gasteiger partial charge on any atom is 0.244 e. The normalized spacial score (nSPS) is 11.9. The van der Waals surface area contributed by atoms with E-state index in [4.69, 9.17) is 4.74 Å². The smallest absolute Gasteiger partial charge is 0.244 e. The minimum atomic E-state index is -3.52. The maximum absolute atomic E-state index is 12.4. The van der Waals surface area contributed by atoms with Crippen LogP contribution in [0.3, 0.4) is 0 Å². The summed E-state index contributed by atoms with van der Waals surface area (Å²) in [5.41, 5.74) is 2.08. The van der Waals surface area contributed by atoms with E-state index in [0.717, 1.165) is 24.0 Å². The number of benzene rings is 1. The Kier molecular flexibility index (Phi) is 6.02. The summed E-state index contributed by atoms with van der Waals surface area (Å²) in [6.07, 6.45) is 1.77. The quantitative estimate of drug-likeness (QED) is 0.787. The fourth-order valence-corrected chi connectivity index (χ4v) is 3.39. The molecule has 0 saturated heterocycles. The Hall–Kier alpha value is -1.07. The number of hydrogen-bond donors (Lipinski definition) is 1. The van der Waals surface area contributed by atoms with Crippen molar-refractivity contribution < 1.29 is 13.2 Å². The van der Waals surface area contributed by atoms with E-state index in [1.807, 2.05) is 13.8 Å². The van der Waals surface area contributed by atoms with Crippen LogP contribution in [0.4, 0.5) is 0 Å². The predicted octanol–water partition coefficient (Wildman–Crippen LogP) is 3.21. The van der Waals surface area contributed by atoms with Crippen LogP contribution in [0.2, 0.25) is 0 Å². The van der Waals surface area contributed by atoms with Gasteiger partial charge in [-0.2, -0.15) is 0 Å². The number of nitrogens with one attached hydrogen (secondary N) is 1. The zero-order valence-corrected chi connectivity index (χ0v) is 13.8. The molecule has 0 atom stereocenters. The molecule has 0 aliphatic heterocycles. The molecule has 0 saturated carbocycles. The van der Waals surface area contributed by atoms with Gasteiger partial charge in [-0.25, -0.2) is 13.1 Å². The van der Waals surface area contributed by atoms with Crippen molar-refractivity contribution in [1.29, 1.82) is 0 Å². The van der Waals surface area contributed by atoms with E-state index in [9.17, 15) is 8.42 Å². The highest BCUT2D eigenvalue weighted by Crippen LogP contribution is 2.30. The number of aryl methyl sites for hydroxylation is 1. The molecule has 0 aliphatic rings. The molecule has 0 spiro atoms. The largest absolute Gasteiger partial charge is 0.495 e. The third kappa shape index (κ3) is 3.96. The highest BCUT2D eigenvalue weighted by Gasteiger charge is 2.21. The van der Waals surface area contributed by atoms with Gasteiger partial charge in [0.2, 0.25) is 10.0 Å². The first-order valence-corrected chi connectivity index (χ1v) is 8.50. The summed E-state index contributed by atoms with van der Waals surface area (Å²) in [7, 11) is -2.03. The van der Waals surface area contributed by atoms with Gasteiger partial charge in [0, 0.05) is 6.54 Å². The highest BCUT2D eigenvalue weighted by atomic mass is 32.2. The average Bonchev–Trinajstić information content (AvgIpc) is 2.37. The molecule has 0 fully saturated rings. The molecule has 1 rings (SSSR count). The van der Waals surface area contributed by atoms with Crippen LogP contribution in [0.5, 0.6) is 5.75 Å². The second kappa shape index (κ2) is 7.09. The minimum Gasteiger partial charge on any atom is -0.495 e. The summed E-state index contributed by atoms with van der Waals surface area (Å²) in [4.78, 5) is 0.227. The molecular weight excluding hydrogens is 274 g/mol. The van der Waals surface area contributed by atoms with Crippen molar-refractivity contribution in [3.63, 3.8) is 0 Å². The lowest BCUT2D eigenvalue weighted by atomic mass is 9.98. The van der Waals surface area contributed by atoms with Crippen molar-refractivity contribution in [2.24, 2.45) is 0 Å². The summed E-state index contributed by atoms with van der Waals surface area (Å²) in [6.45, 7) is 8.55. The number of rotatable bonds is 7. The molecule has 0 bridgehead atoms. The number of unbranched alkanes of at least 4 members (excludes halogenated alkanes) is 1. The summed E-state index contributed by atoms with van der Waals surface area (Å²) < 4.78 is 32.6. The first-order valence-electron chi connectivity index (χ1n) is 7.01. The van der Waals surface area contributed by atoms with E-state index in [0.29, 0.717) is 12.3 Å². The Morgan fingerprint density at radius 2 is 1.95 bits per heavy atom. The number of ether oxygens (including phenoxy) is 1. The first-order chi connectivity index (χ1) is 9.33. The van der Waals surface area contributed by atoms with Crippen LogP contribution in [0.1, 0.15) is 50.7 Å². The second-order valence-electron chi connectivity index (χ2n) is 5.27. The van der Waals surface area contributed by atoms with Crippen molar-refractivity contribution >= 4 is 10.0 Å². The molecular formula is C15H25NO3S. The SMILES string of the molecule is CCCCNS(=O)(=O)c1cc(C(C)C)c(C)cc1OC. The molecule has 0 radical (unpaired) electrons. The zero-order valence-electron chi connectivity index (χ0n) is 13.0. The van der Waals surface area contributed by atoms with Crippen LogP contribution < -0.4 is 9.46 Å². The van der Waals surface area contributed by atoms with Gasteiger partial charge in [0.1, 0.15) is 10.6 Å². The Morgan fingerprint density at radius 3 is 2.45 bits per heavy atom. The Balaban J connectivity index is 3.24. The maximum atomic E-state index is 12.4. The molecule has 1 N–H and O–H groups in total. The fraction of sp³-hybridized carbons (Fsp3) is 0.600. The topological polar surface area (TPSA) is 55.4 Å². The number of methoxy groups -OCH3 is 1. The number of hydrogen-bond acceptors (Lipinski definition) is 3. The first kappa shape index (κ1) is 17.0. The van der Waals surface area contributed by atoms with E-state index in [1.165, 1.54) is 7.11 Å². The molecule has 0 aromatic heterocycles. The van der Waals surface area contributed by atoms with E-state index in [-0.39, 0.29) is 10.8 Å². The van der Waals surface area contributed by atoms with Gasteiger partial charge in [-0.3, -0.25) is 0 Å². The molecule has 4 nitrogen and oxygen atoms in total. The van der Waals surface area contributed by atoms with Gasteiger partial charge < -0.3 is 4.74 Å². The molecule has 0 aliphatic carbocycles. The van der Waals surface area contributed by atoms with Gasteiger partial charge in [-0.1, -0.05) is 27.2 Å². The fourth-order valence-electron chi connectivity index (χ4n) is 2.13. The lowest BCUT2D eigenvalue weighted by Crippen LogP contribution is -2.25. The molecule has 1 aromatic rings. The lowest BCUT2D eigenvalue weighted by Gasteiger charge is -2.16. The van der Waals surface area contributed by atoms with E-state index in [1.54, 1.807) is 12.1 Å². The molecule has 20 heavy (non-hydrogen) atoms. The standard InChI is InChI=1S/C15H25NO3S/c1-6-7-8-16-20(17,18)15-10-13(11(2)3)12(4)9-14(15)19-5/h9-11,16H,6-8H2,1-5H3. The van der Waals surface area contributed by atoms with Gasteiger partial charge in [0.15, 0.2) is 0 Å². The minimum absolute atomic E-state index is 0.227. The van der Waals surface area contributed by atoms with Crippen molar-refractivity contribution in [3.8, 4) is 5.75 Å². The molecule has 5 heteroatoms. The highest BCUT2D eigenvalue weighted by molar-refractivity contribution is 7.89. The van der Waals surface area contributed by atoms with Gasteiger partial charge >= 0.3 is 0 Å². The lowest BCUT2D eigenvalue weighted by molar-refractivity contribution is 0.401. The van der Waals surface area contributed by atoms with Crippen LogP contribution >= 0.6 is 0 Å². The third-order valence-electron chi connectivity index (χ3n) is 3.29. The number of sulfonamides is 1. The van der Waals surface area contributed by atoms with Gasteiger partial charge in [0.05, 0.1) is 7.11 Å². The average molecular weight is 299 g/mol. The molecule has 0 heterocycles. The van der Waals surface area contributed by atoms with Crippen molar-refractivity contribution in [2.45, 2.75) is 51.3 Å². The van der Waals surface area contributed by atoms with Crippen LogP contribution in [0, 0.1) is 6.92 Å². The van der Waals surface area contributed by atoms with Crippen LogP contribution in [-0.4, -0.2) is 22.1 Å². The molecule has 0 unspecified atom stereocenters. The van der Waals surface area contributed by atoms with Crippen molar-refractivity contribution in [1.82, 2.24) is 4.72 Å². The molecule has 1 aromatic carbocycles. The van der Waals surface area contributed by atoms with Gasteiger partial charge in [-0.15, -0.1) is 0 Å². The van der Waals surface area contributed by atoms with E-state index >= 15 is 0 Å². The van der Waals surface area contributed by atoms with Crippen molar-refractivity contribution in [3.05, 3.63) is 23.3 Å². The molecule has 114 valence electrons. The van der Waals surface area contributed by atoms with E-state index < -0.39 is 10.0 Å². The second-order valence-corrected chi connectivity index (χ2v) is 7.00. The Labute approximate surface area is 122 Å². The van der Waals surface area contributed by atoms with Gasteiger partial charge in [0.25, 0.3) is 0 Å².